The van der Waals surface area contributed by atoms with Gasteiger partial charge in [-0.2, -0.15) is 0 Å². The molecule has 2 aromatic carbocycles. The molecule has 31 heavy (non-hydrogen) atoms. The molecular formula is C23H27N3O5. The maximum Gasteiger partial charge on any atom is 0.408 e. The van der Waals surface area contributed by atoms with Gasteiger partial charge in [0.1, 0.15) is 24.5 Å². The van der Waals surface area contributed by atoms with Crippen LogP contribution in [0.2, 0.25) is 0 Å². The molecule has 0 aliphatic heterocycles. The van der Waals surface area contributed by atoms with Crippen LogP contribution in [0.4, 0.5) is 4.79 Å². The van der Waals surface area contributed by atoms with Gasteiger partial charge in [0.05, 0.1) is 0 Å². The van der Waals surface area contributed by atoms with E-state index < -0.39 is 30.0 Å². The predicted molar refractivity (Wildman–Crippen MR) is 115 cm³/mol. The number of nitrogens with two attached hydrogens (primary N) is 1. The fourth-order valence-corrected chi connectivity index (χ4v) is 2.87. The first-order valence-corrected chi connectivity index (χ1v) is 9.95. The second kappa shape index (κ2) is 12.1. The van der Waals surface area contributed by atoms with Gasteiger partial charge < -0.3 is 25.9 Å². The molecule has 0 bridgehead atoms. The predicted octanol–water partition coefficient (Wildman–Crippen LogP) is 1.86. The van der Waals surface area contributed by atoms with E-state index in [-0.39, 0.29) is 31.7 Å². The molecule has 4 N–H and O–H groups in total. The van der Waals surface area contributed by atoms with Gasteiger partial charge in [-0.3, -0.25) is 9.59 Å². The molecule has 0 saturated heterocycles. The summed E-state index contributed by atoms with van der Waals surface area (Å²) in [6, 6.07) is 16.2. The Morgan fingerprint density at radius 3 is 2.00 bits per heavy atom. The van der Waals surface area contributed by atoms with Crippen LogP contribution in [0, 0.1) is 0 Å². The number of benzene rings is 2. The van der Waals surface area contributed by atoms with E-state index in [2.05, 4.69) is 10.6 Å². The number of carbonyl (C=O) groups excluding carboxylic acids is 4. The van der Waals surface area contributed by atoms with Gasteiger partial charge in [0.25, 0.3) is 0 Å². The number of Topliss-reactive ketones (excluding diaryl/α,β-unsaturated/α-hetero) is 1. The molecule has 2 aromatic rings. The Morgan fingerprint density at radius 1 is 0.871 bits per heavy atom. The van der Waals surface area contributed by atoms with Crippen molar-refractivity contribution in [3.05, 3.63) is 71.8 Å². The van der Waals surface area contributed by atoms with Crippen molar-refractivity contribution < 1.29 is 23.9 Å². The summed E-state index contributed by atoms with van der Waals surface area (Å²) in [5, 5.41) is 5.09. The summed E-state index contributed by atoms with van der Waals surface area (Å²) in [5.41, 5.74) is 6.98. The molecule has 0 unspecified atom stereocenters. The van der Waals surface area contributed by atoms with Crippen molar-refractivity contribution in [2.24, 2.45) is 5.73 Å². The average molecular weight is 425 g/mol. The smallest absolute Gasteiger partial charge is 0.408 e. The molecule has 0 spiro atoms. The van der Waals surface area contributed by atoms with Gasteiger partial charge in [-0.05, 0) is 24.5 Å². The van der Waals surface area contributed by atoms with Crippen molar-refractivity contribution in [2.45, 2.75) is 44.9 Å². The minimum absolute atomic E-state index is 0.0505. The maximum atomic E-state index is 12.8. The zero-order chi connectivity index (χ0) is 22.6. The lowest BCUT2D eigenvalue weighted by Gasteiger charge is -2.22. The van der Waals surface area contributed by atoms with Crippen molar-refractivity contribution in [1.82, 2.24) is 10.6 Å². The van der Waals surface area contributed by atoms with Gasteiger partial charge in [-0.1, -0.05) is 60.7 Å². The minimum atomic E-state index is -1.02. The summed E-state index contributed by atoms with van der Waals surface area (Å²) in [7, 11) is 0. The van der Waals surface area contributed by atoms with Crippen LogP contribution in [0.3, 0.4) is 0 Å². The third-order valence-electron chi connectivity index (χ3n) is 4.55. The number of amides is 3. The normalized spacial score (nSPS) is 12.3. The molecule has 0 aromatic heterocycles. The molecule has 0 aliphatic rings. The van der Waals surface area contributed by atoms with Crippen molar-refractivity contribution in [3.63, 3.8) is 0 Å². The molecule has 0 fully saturated rings. The molecule has 0 heterocycles. The molecule has 8 heteroatoms. The Bertz CT molecular complexity index is 887. The molecule has 0 radical (unpaired) electrons. The fourth-order valence-electron chi connectivity index (χ4n) is 2.87. The number of nitrogens with one attached hydrogen (secondary N) is 2. The third kappa shape index (κ3) is 8.69. The first-order chi connectivity index (χ1) is 14.8. The quantitative estimate of drug-likeness (QED) is 0.506. The van der Waals surface area contributed by atoms with E-state index in [4.69, 9.17) is 10.5 Å². The van der Waals surface area contributed by atoms with Crippen LogP contribution in [0.15, 0.2) is 60.7 Å². The van der Waals surface area contributed by atoms with E-state index in [0.29, 0.717) is 0 Å². The SMILES string of the molecule is CC(=O)CC[C@H](NC(=O)[C@H](Cc1ccccc1)NC(=O)OCc1ccccc1)C(N)=O. The van der Waals surface area contributed by atoms with E-state index >= 15 is 0 Å². The van der Waals surface area contributed by atoms with Crippen molar-refractivity contribution in [2.75, 3.05) is 0 Å². The van der Waals surface area contributed by atoms with E-state index in [1.165, 1.54) is 6.92 Å². The highest BCUT2D eigenvalue weighted by atomic mass is 16.5. The monoisotopic (exact) mass is 425 g/mol. The summed E-state index contributed by atoms with van der Waals surface area (Å²) >= 11 is 0. The van der Waals surface area contributed by atoms with Crippen LogP contribution >= 0.6 is 0 Å². The lowest BCUT2D eigenvalue weighted by atomic mass is 10.0. The Kier molecular flexibility index (Phi) is 9.22. The molecule has 2 rings (SSSR count). The van der Waals surface area contributed by atoms with E-state index in [0.717, 1.165) is 11.1 Å². The van der Waals surface area contributed by atoms with Crippen LogP contribution in [-0.2, 0) is 32.1 Å². The number of rotatable bonds is 11. The van der Waals surface area contributed by atoms with Gasteiger partial charge >= 0.3 is 6.09 Å². The van der Waals surface area contributed by atoms with Crippen LogP contribution in [0.1, 0.15) is 30.9 Å². The summed E-state index contributed by atoms with van der Waals surface area (Å²) < 4.78 is 5.21. The number of ketones is 1. The maximum absolute atomic E-state index is 12.8. The topological polar surface area (TPSA) is 128 Å². The molecule has 2 atom stereocenters. The summed E-state index contributed by atoms with van der Waals surface area (Å²) in [4.78, 5) is 48.1. The lowest BCUT2D eigenvalue weighted by molar-refractivity contribution is -0.129. The summed E-state index contributed by atoms with van der Waals surface area (Å²) in [6.07, 6.45) is -0.388. The number of carbonyl (C=O) groups is 4. The van der Waals surface area contributed by atoms with Gasteiger partial charge in [-0.15, -0.1) is 0 Å². The molecule has 8 nitrogen and oxygen atoms in total. The molecule has 0 saturated carbocycles. The standard InChI is InChI=1S/C23H27N3O5/c1-16(27)12-13-19(21(24)28)25-22(29)20(14-17-8-4-2-5-9-17)26-23(30)31-15-18-10-6-3-7-11-18/h2-11,19-20H,12-15H2,1H3,(H2,24,28)(H,25,29)(H,26,30)/t19-,20-/m0/s1. The summed E-state index contributed by atoms with van der Waals surface area (Å²) in [6.45, 7) is 1.44. The average Bonchev–Trinajstić information content (AvgIpc) is 2.75. The highest BCUT2D eigenvalue weighted by Crippen LogP contribution is 2.07. The van der Waals surface area contributed by atoms with Crippen LogP contribution in [0.25, 0.3) is 0 Å². The van der Waals surface area contributed by atoms with Crippen LogP contribution in [0.5, 0.6) is 0 Å². The van der Waals surface area contributed by atoms with Crippen molar-refractivity contribution >= 4 is 23.7 Å². The molecule has 3 amide bonds. The Hall–Kier alpha value is -3.68. The zero-order valence-electron chi connectivity index (χ0n) is 17.4. The van der Waals surface area contributed by atoms with Crippen LogP contribution < -0.4 is 16.4 Å². The second-order valence-corrected chi connectivity index (χ2v) is 7.15. The van der Waals surface area contributed by atoms with Crippen molar-refractivity contribution in [3.8, 4) is 0 Å². The number of hydrogen-bond acceptors (Lipinski definition) is 5. The van der Waals surface area contributed by atoms with E-state index in [1.807, 2.05) is 60.7 Å². The fraction of sp³-hybridized carbons (Fsp3) is 0.304. The van der Waals surface area contributed by atoms with Gasteiger partial charge in [-0.25, -0.2) is 4.79 Å². The number of ether oxygens (including phenoxy) is 1. The molecule has 164 valence electrons. The van der Waals surface area contributed by atoms with E-state index in [9.17, 15) is 19.2 Å². The van der Waals surface area contributed by atoms with Gasteiger partial charge in [0.15, 0.2) is 0 Å². The molecular weight excluding hydrogens is 398 g/mol. The lowest BCUT2D eigenvalue weighted by Crippen LogP contribution is -2.53. The first kappa shape index (κ1) is 23.6. The highest BCUT2D eigenvalue weighted by molar-refractivity contribution is 5.91. The third-order valence-corrected chi connectivity index (χ3v) is 4.55. The number of alkyl carbamates (subject to hydrolysis) is 1. The Labute approximate surface area is 181 Å². The Morgan fingerprint density at radius 2 is 1.45 bits per heavy atom. The number of hydrogen-bond donors (Lipinski definition) is 3. The van der Waals surface area contributed by atoms with Crippen LogP contribution in [-0.4, -0.2) is 35.8 Å². The van der Waals surface area contributed by atoms with Gasteiger partial charge in [0.2, 0.25) is 11.8 Å². The second-order valence-electron chi connectivity index (χ2n) is 7.15. The largest absolute Gasteiger partial charge is 0.445 e. The van der Waals surface area contributed by atoms with Gasteiger partial charge in [0, 0.05) is 12.8 Å². The first-order valence-electron chi connectivity index (χ1n) is 9.95. The van der Waals surface area contributed by atoms with Crippen molar-refractivity contribution in [1.29, 1.82) is 0 Å². The minimum Gasteiger partial charge on any atom is -0.445 e. The Balaban J connectivity index is 2.05. The number of primary amides is 1. The summed E-state index contributed by atoms with van der Waals surface area (Å²) in [5.74, 6) is -1.46. The highest BCUT2D eigenvalue weighted by Gasteiger charge is 2.26. The molecule has 0 aliphatic carbocycles. The van der Waals surface area contributed by atoms with E-state index in [1.54, 1.807) is 0 Å². The zero-order valence-corrected chi connectivity index (χ0v) is 17.4.